The van der Waals surface area contributed by atoms with E-state index in [4.69, 9.17) is 0 Å². The van der Waals surface area contributed by atoms with Gasteiger partial charge in [-0.05, 0) is 54.2 Å². The SMILES string of the molecule is CSC1=CC=C(N=Nc2cccc(C)c2C)C(C)C1C. The maximum Gasteiger partial charge on any atom is 0.0888 e. The summed E-state index contributed by atoms with van der Waals surface area (Å²) in [5, 5.41) is 8.93. The van der Waals surface area contributed by atoms with Gasteiger partial charge in [-0.25, -0.2) is 0 Å². The topological polar surface area (TPSA) is 24.7 Å². The molecule has 1 aromatic rings. The van der Waals surface area contributed by atoms with Crippen molar-refractivity contribution >= 4 is 17.4 Å². The van der Waals surface area contributed by atoms with Crippen LogP contribution in [0.5, 0.6) is 0 Å². The lowest BCUT2D eigenvalue weighted by molar-refractivity contribution is 0.507. The Morgan fingerprint density at radius 3 is 2.45 bits per heavy atom. The van der Waals surface area contributed by atoms with Crippen LogP contribution in [0.3, 0.4) is 0 Å². The van der Waals surface area contributed by atoms with Gasteiger partial charge in [0.1, 0.15) is 0 Å². The zero-order valence-corrected chi connectivity index (χ0v) is 13.7. The summed E-state index contributed by atoms with van der Waals surface area (Å²) < 4.78 is 0. The number of hydrogen-bond acceptors (Lipinski definition) is 3. The molecule has 3 heteroatoms. The Balaban J connectivity index is 2.26. The van der Waals surface area contributed by atoms with Crippen molar-refractivity contribution in [1.29, 1.82) is 0 Å². The number of thioether (sulfide) groups is 1. The lowest BCUT2D eigenvalue weighted by atomic mass is 9.89. The zero-order valence-electron chi connectivity index (χ0n) is 12.8. The van der Waals surface area contributed by atoms with Crippen molar-refractivity contribution in [2.45, 2.75) is 27.7 Å². The molecule has 2 atom stereocenters. The third kappa shape index (κ3) is 3.04. The highest BCUT2D eigenvalue weighted by atomic mass is 32.2. The Labute approximate surface area is 126 Å². The van der Waals surface area contributed by atoms with E-state index in [2.05, 4.69) is 62.4 Å². The van der Waals surface area contributed by atoms with Gasteiger partial charge in [0.25, 0.3) is 0 Å². The Morgan fingerprint density at radius 1 is 1.00 bits per heavy atom. The van der Waals surface area contributed by atoms with Gasteiger partial charge in [-0.1, -0.05) is 32.1 Å². The van der Waals surface area contributed by atoms with Crippen molar-refractivity contribution in [3.8, 4) is 0 Å². The molecule has 0 amide bonds. The molecule has 2 unspecified atom stereocenters. The normalized spacial score (nSPS) is 22.9. The highest BCUT2D eigenvalue weighted by molar-refractivity contribution is 8.02. The van der Waals surface area contributed by atoms with E-state index in [9.17, 15) is 0 Å². The second-order valence-electron chi connectivity index (χ2n) is 5.36. The van der Waals surface area contributed by atoms with Gasteiger partial charge in [-0.15, -0.1) is 11.8 Å². The molecule has 1 aliphatic carbocycles. The van der Waals surface area contributed by atoms with Gasteiger partial charge in [0.2, 0.25) is 0 Å². The largest absolute Gasteiger partial charge is 0.155 e. The van der Waals surface area contributed by atoms with Crippen molar-refractivity contribution in [2.24, 2.45) is 22.1 Å². The van der Waals surface area contributed by atoms with E-state index in [1.54, 1.807) is 0 Å². The highest BCUT2D eigenvalue weighted by Gasteiger charge is 2.23. The molecule has 0 saturated heterocycles. The Morgan fingerprint density at radius 2 is 1.75 bits per heavy atom. The van der Waals surface area contributed by atoms with Gasteiger partial charge in [0.05, 0.1) is 11.4 Å². The van der Waals surface area contributed by atoms with E-state index >= 15 is 0 Å². The van der Waals surface area contributed by atoms with Crippen LogP contribution in [0.2, 0.25) is 0 Å². The fourth-order valence-electron chi connectivity index (χ4n) is 2.31. The first-order chi connectivity index (χ1) is 9.54. The predicted molar refractivity (Wildman–Crippen MR) is 88.4 cm³/mol. The zero-order chi connectivity index (χ0) is 14.7. The molecular formula is C17H22N2S. The lowest BCUT2D eigenvalue weighted by Crippen LogP contribution is -2.13. The molecule has 0 saturated carbocycles. The molecule has 2 nitrogen and oxygen atoms in total. The van der Waals surface area contributed by atoms with Crippen LogP contribution in [-0.2, 0) is 0 Å². The molecular weight excluding hydrogens is 264 g/mol. The van der Waals surface area contributed by atoms with Crippen molar-refractivity contribution < 1.29 is 0 Å². The summed E-state index contributed by atoms with van der Waals surface area (Å²) >= 11 is 1.82. The number of aryl methyl sites for hydroxylation is 1. The summed E-state index contributed by atoms with van der Waals surface area (Å²) in [5.41, 5.74) is 4.49. The Kier molecular flexibility index (Phi) is 4.81. The molecule has 20 heavy (non-hydrogen) atoms. The molecule has 1 aliphatic rings. The molecule has 0 aromatic heterocycles. The smallest absolute Gasteiger partial charge is 0.0888 e. The molecule has 2 rings (SSSR count). The third-order valence-corrected chi connectivity index (χ3v) is 5.15. The standard InChI is InChI=1S/C17H22N2S/c1-11-7-6-8-15(12(11)2)18-19-16-9-10-17(20-5)14(4)13(16)3/h6-10,13-14H,1-5H3. The molecule has 0 N–H and O–H groups in total. The molecule has 0 heterocycles. The van der Waals surface area contributed by atoms with Crippen molar-refractivity contribution in [3.63, 3.8) is 0 Å². The fourth-order valence-corrected chi connectivity index (χ4v) is 3.09. The lowest BCUT2D eigenvalue weighted by Gasteiger charge is -2.24. The molecule has 106 valence electrons. The average Bonchev–Trinajstić information content (AvgIpc) is 2.44. The molecule has 0 radical (unpaired) electrons. The minimum Gasteiger partial charge on any atom is -0.155 e. The van der Waals surface area contributed by atoms with E-state index < -0.39 is 0 Å². The van der Waals surface area contributed by atoms with Crippen LogP contribution in [0.1, 0.15) is 25.0 Å². The average molecular weight is 286 g/mol. The van der Waals surface area contributed by atoms with Gasteiger partial charge in [-0.2, -0.15) is 10.2 Å². The van der Waals surface area contributed by atoms with Crippen LogP contribution in [0.4, 0.5) is 5.69 Å². The monoisotopic (exact) mass is 286 g/mol. The maximum absolute atomic E-state index is 4.49. The van der Waals surface area contributed by atoms with Crippen molar-refractivity contribution in [1.82, 2.24) is 0 Å². The van der Waals surface area contributed by atoms with E-state index in [0.717, 1.165) is 11.4 Å². The van der Waals surface area contributed by atoms with E-state index in [0.29, 0.717) is 11.8 Å². The summed E-state index contributed by atoms with van der Waals surface area (Å²) in [5.74, 6) is 0.930. The Hall–Kier alpha value is -1.35. The minimum absolute atomic E-state index is 0.413. The van der Waals surface area contributed by atoms with E-state index in [-0.39, 0.29) is 0 Å². The second kappa shape index (κ2) is 6.40. The quantitative estimate of drug-likeness (QED) is 0.644. The van der Waals surface area contributed by atoms with Gasteiger partial charge < -0.3 is 0 Å². The van der Waals surface area contributed by atoms with Gasteiger partial charge in [-0.3, -0.25) is 0 Å². The number of rotatable bonds is 3. The predicted octanol–water partition coefficient (Wildman–Crippen LogP) is 5.80. The first-order valence-electron chi connectivity index (χ1n) is 6.98. The van der Waals surface area contributed by atoms with Crippen LogP contribution in [0.25, 0.3) is 0 Å². The van der Waals surface area contributed by atoms with E-state index in [1.165, 1.54) is 16.0 Å². The summed E-state index contributed by atoms with van der Waals surface area (Å²) in [7, 11) is 0. The number of azo groups is 1. The summed E-state index contributed by atoms with van der Waals surface area (Å²) in [4.78, 5) is 1.42. The van der Waals surface area contributed by atoms with Gasteiger partial charge in [0.15, 0.2) is 0 Å². The van der Waals surface area contributed by atoms with Crippen LogP contribution in [0.15, 0.2) is 51.2 Å². The molecule has 0 fully saturated rings. The number of nitrogens with zero attached hydrogens (tertiary/aromatic N) is 2. The van der Waals surface area contributed by atoms with Gasteiger partial charge in [0, 0.05) is 5.92 Å². The molecule has 0 spiro atoms. The first-order valence-corrected chi connectivity index (χ1v) is 8.20. The van der Waals surface area contributed by atoms with Crippen LogP contribution < -0.4 is 0 Å². The van der Waals surface area contributed by atoms with Crippen LogP contribution >= 0.6 is 11.8 Å². The van der Waals surface area contributed by atoms with E-state index in [1.807, 2.05) is 23.9 Å². The highest BCUT2D eigenvalue weighted by Crippen LogP contribution is 2.37. The van der Waals surface area contributed by atoms with Crippen LogP contribution in [0, 0.1) is 25.7 Å². The third-order valence-electron chi connectivity index (χ3n) is 4.17. The number of hydrogen-bond donors (Lipinski definition) is 0. The summed E-state index contributed by atoms with van der Waals surface area (Å²) in [6.07, 6.45) is 6.41. The first kappa shape index (κ1) is 15.0. The van der Waals surface area contributed by atoms with Gasteiger partial charge >= 0.3 is 0 Å². The number of benzene rings is 1. The molecule has 1 aromatic carbocycles. The summed E-state index contributed by atoms with van der Waals surface area (Å²) in [6, 6.07) is 6.16. The number of allylic oxidation sites excluding steroid dienone is 4. The molecule has 0 bridgehead atoms. The van der Waals surface area contributed by atoms with Crippen molar-refractivity contribution in [3.05, 3.63) is 52.1 Å². The van der Waals surface area contributed by atoms with Crippen molar-refractivity contribution in [2.75, 3.05) is 6.26 Å². The fraction of sp³-hybridized carbons (Fsp3) is 0.412. The molecule has 0 aliphatic heterocycles. The Bertz CT molecular complexity index is 585. The maximum atomic E-state index is 4.49. The van der Waals surface area contributed by atoms with Crippen LogP contribution in [-0.4, -0.2) is 6.26 Å². The summed E-state index contributed by atoms with van der Waals surface area (Å²) in [6.45, 7) is 8.68. The second-order valence-corrected chi connectivity index (χ2v) is 6.24. The minimum atomic E-state index is 0.413.